The molecule has 2 heterocycles. The fraction of sp³-hybridized carbons (Fsp3) is 0.882. The van der Waals surface area contributed by atoms with Gasteiger partial charge in [-0.15, -0.1) is 0 Å². The molecule has 0 radical (unpaired) electrons. The van der Waals surface area contributed by atoms with Gasteiger partial charge in [-0.2, -0.15) is 0 Å². The zero-order chi connectivity index (χ0) is 31.3. The monoisotopic (exact) mass is 622 g/mol. The predicted octanol–water partition coefficient (Wildman–Crippen LogP) is 5.47. The maximum Gasteiger partial charge on any atom is 0.309 e. The Balaban J connectivity index is 1.03. The van der Waals surface area contributed by atoms with Crippen LogP contribution < -0.4 is 0 Å². The number of carbonyl (C=O) groups excluding carboxylic acids is 4. The molecule has 4 rings (SSSR count). The van der Waals surface area contributed by atoms with Crippen molar-refractivity contribution in [3.05, 3.63) is 0 Å². The van der Waals surface area contributed by atoms with Crippen LogP contribution in [-0.4, -0.2) is 74.7 Å². The summed E-state index contributed by atoms with van der Waals surface area (Å²) in [5.74, 6) is -3.16. The van der Waals surface area contributed by atoms with Crippen LogP contribution in [0.1, 0.15) is 117 Å². The van der Waals surface area contributed by atoms with Crippen LogP contribution in [0, 0.1) is 23.7 Å². The quantitative estimate of drug-likeness (QED) is 0.0703. The van der Waals surface area contributed by atoms with Crippen molar-refractivity contribution in [3.8, 4) is 0 Å². The summed E-state index contributed by atoms with van der Waals surface area (Å²) >= 11 is 0. The summed E-state index contributed by atoms with van der Waals surface area (Å²) in [5, 5.41) is 0. The number of carbonyl (C=O) groups is 4. The van der Waals surface area contributed by atoms with Gasteiger partial charge in [-0.3, -0.25) is 19.2 Å². The molecule has 250 valence electrons. The molecule has 0 amide bonds. The van der Waals surface area contributed by atoms with Crippen molar-refractivity contribution >= 4 is 23.9 Å². The smallest absolute Gasteiger partial charge is 0.309 e. The highest BCUT2D eigenvalue weighted by atomic mass is 16.6. The van der Waals surface area contributed by atoms with Crippen molar-refractivity contribution in [2.24, 2.45) is 23.7 Å². The molecule has 8 unspecified atom stereocenters. The van der Waals surface area contributed by atoms with Gasteiger partial charge < -0.3 is 28.4 Å². The van der Waals surface area contributed by atoms with Crippen molar-refractivity contribution in [2.75, 3.05) is 26.4 Å². The van der Waals surface area contributed by atoms with E-state index in [1.54, 1.807) is 0 Å². The number of hydrogen-bond acceptors (Lipinski definition) is 10. The zero-order valence-electron chi connectivity index (χ0n) is 26.8. The zero-order valence-corrected chi connectivity index (χ0v) is 26.8. The molecule has 44 heavy (non-hydrogen) atoms. The van der Waals surface area contributed by atoms with Crippen LogP contribution in [0.2, 0.25) is 0 Å². The molecular formula is C34H54O10. The van der Waals surface area contributed by atoms with Gasteiger partial charge in [0.15, 0.2) is 0 Å². The van der Waals surface area contributed by atoms with E-state index in [0.29, 0.717) is 52.1 Å². The first-order valence-corrected chi connectivity index (χ1v) is 17.4. The number of unbranched alkanes of at least 4 members (excludes halogenated alkanes) is 9. The van der Waals surface area contributed by atoms with Gasteiger partial charge in [0.1, 0.15) is 0 Å². The first-order valence-electron chi connectivity index (χ1n) is 17.4. The Morgan fingerprint density at radius 2 is 0.682 bits per heavy atom. The highest BCUT2D eigenvalue weighted by Crippen LogP contribution is 2.45. The van der Waals surface area contributed by atoms with E-state index in [1.807, 2.05) is 0 Å². The average Bonchev–Trinajstić information content (AvgIpc) is 3.95. The largest absolute Gasteiger partial charge is 0.465 e. The third-order valence-corrected chi connectivity index (χ3v) is 9.51. The second-order valence-electron chi connectivity index (χ2n) is 13.0. The summed E-state index contributed by atoms with van der Waals surface area (Å²) in [7, 11) is 0. The van der Waals surface area contributed by atoms with Crippen LogP contribution in [0.4, 0.5) is 0 Å². The Labute approximate surface area is 262 Å². The van der Waals surface area contributed by atoms with Gasteiger partial charge in [0.05, 0.1) is 74.5 Å². The predicted molar refractivity (Wildman–Crippen MR) is 160 cm³/mol. The normalized spacial score (nSPS) is 30.0. The molecular weight excluding hydrogens is 568 g/mol. The molecule has 0 spiro atoms. The lowest BCUT2D eigenvalue weighted by Crippen LogP contribution is -2.37. The van der Waals surface area contributed by atoms with Crippen LogP contribution in [0.5, 0.6) is 0 Å². The van der Waals surface area contributed by atoms with Crippen LogP contribution in [0.25, 0.3) is 0 Å². The molecule has 0 aromatic carbocycles. The molecule has 0 aromatic rings. The molecule has 4 fully saturated rings. The van der Waals surface area contributed by atoms with Crippen molar-refractivity contribution in [1.82, 2.24) is 0 Å². The summed E-state index contributed by atoms with van der Waals surface area (Å²) in [6.45, 7) is 5.68. The Morgan fingerprint density at radius 1 is 0.432 bits per heavy atom. The van der Waals surface area contributed by atoms with Crippen LogP contribution in [-0.2, 0) is 47.6 Å². The molecule has 0 N–H and O–H groups in total. The van der Waals surface area contributed by atoms with Crippen molar-refractivity contribution < 1.29 is 47.6 Å². The van der Waals surface area contributed by atoms with Crippen molar-refractivity contribution in [2.45, 2.75) is 141 Å². The molecule has 10 heteroatoms. The number of fused-ring (bicyclic) bond motifs is 2. The van der Waals surface area contributed by atoms with E-state index in [4.69, 9.17) is 28.4 Å². The fourth-order valence-corrected chi connectivity index (χ4v) is 6.62. The summed E-state index contributed by atoms with van der Waals surface area (Å²) in [5.41, 5.74) is 0. The minimum atomic E-state index is -0.487. The second-order valence-corrected chi connectivity index (χ2v) is 13.0. The highest BCUT2D eigenvalue weighted by Gasteiger charge is 2.54. The maximum atomic E-state index is 12.8. The lowest BCUT2D eigenvalue weighted by atomic mass is 9.79. The molecule has 2 aliphatic carbocycles. The molecule has 0 aromatic heterocycles. The van der Waals surface area contributed by atoms with Gasteiger partial charge in [0.25, 0.3) is 0 Å². The van der Waals surface area contributed by atoms with Crippen molar-refractivity contribution in [3.63, 3.8) is 0 Å². The number of epoxide rings is 2. The summed E-state index contributed by atoms with van der Waals surface area (Å²) in [4.78, 5) is 50.9. The molecule has 0 bridgehead atoms. The SMILES string of the molecule is CCCCCOC(=O)C1CC2OC2CC1C(=O)OCCCCCCCCOC(=O)C1CC2OC2CC1C(=O)OCCCCC. The van der Waals surface area contributed by atoms with E-state index in [9.17, 15) is 19.2 Å². The maximum absolute atomic E-state index is 12.8. The Hall–Kier alpha value is -2.20. The molecule has 2 saturated carbocycles. The first kappa shape index (κ1) is 34.7. The third kappa shape index (κ3) is 10.7. The van der Waals surface area contributed by atoms with Gasteiger partial charge in [-0.1, -0.05) is 65.2 Å². The number of ether oxygens (including phenoxy) is 6. The first-order chi connectivity index (χ1) is 21.4. The van der Waals surface area contributed by atoms with E-state index in [2.05, 4.69) is 13.8 Å². The van der Waals surface area contributed by atoms with E-state index >= 15 is 0 Å². The molecule has 8 atom stereocenters. The topological polar surface area (TPSA) is 130 Å². The summed E-state index contributed by atoms with van der Waals surface area (Å²) < 4.78 is 33.2. The van der Waals surface area contributed by atoms with Gasteiger partial charge in [0.2, 0.25) is 0 Å². The van der Waals surface area contributed by atoms with Gasteiger partial charge in [-0.25, -0.2) is 0 Å². The standard InChI is InChI=1S/C34H54O10/c1-3-5-11-15-39-31(35)23-19-27-29(43-27)21-25(23)33(37)41-17-13-9-7-8-10-14-18-42-34(38)26-22-30-28(44-30)20-24(26)32(36)40-16-12-6-4-2/h23-30H,3-22H2,1-2H3. The number of rotatable bonds is 21. The molecule has 2 saturated heterocycles. The third-order valence-electron chi connectivity index (χ3n) is 9.51. The molecule has 10 nitrogen and oxygen atoms in total. The molecule has 2 aliphatic heterocycles. The fourth-order valence-electron chi connectivity index (χ4n) is 6.62. The minimum Gasteiger partial charge on any atom is -0.465 e. The van der Waals surface area contributed by atoms with E-state index in [1.165, 1.54) is 0 Å². The lowest BCUT2D eigenvalue weighted by molar-refractivity contribution is -0.162. The second kappa shape index (κ2) is 18.1. The summed E-state index contributed by atoms with van der Waals surface area (Å²) in [6, 6.07) is 0. The number of hydrogen-bond donors (Lipinski definition) is 0. The van der Waals surface area contributed by atoms with Gasteiger partial charge in [0, 0.05) is 0 Å². The Bertz CT molecular complexity index is 863. The minimum absolute atomic E-state index is 0.0662. The van der Waals surface area contributed by atoms with Crippen molar-refractivity contribution in [1.29, 1.82) is 0 Å². The van der Waals surface area contributed by atoms with Crippen LogP contribution >= 0.6 is 0 Å². The van der Waals surface area contributed by atoms with Gasteiger partial charge in [-0.05, 0) is 51.4 Å². The van der Waals surface area contributed by atoms with E-state index in [-0.39, 0.29) is 48.3 Å². The van der Waals surface area contributed by atoms with Crippen LogP contribution in [0.15, 0.2) is 0 Å². The lowest BCUT2D eigenvalue weighted by Gasteiger charge is -2.26. The van der Waals surface area contributed by atoms with Gasteiger partial charge >= 0.3 is 23.9 Å². The average molecular weight is 623 g/mol. The highest BCUT2D eigenvalue weighted by molar-refractivity contribution is 5.83. The summed E-state index contributed by atoms with van der Waals surface area (Å²) in [6.07, 6.45) is 13.6. The van der Waals surface area contributed by atoms with Crippen LogP contribution in [0.3, 0.4) is 0 Å². The van der Waals surface area contributed by atoms with E-state index in [0.717, 1.165) is 77.0 Å². The Morgan fingerprint density at radius 3 is 0.955 bits per heavy atom. The molecule has 4 aliphatic rings. The number of esters is 4. The van der Waals surface area contributed by atoms with E-state index < -0.39 is 23.7 Å². The Kier molecular flexibility index (Phi) is 14.2.